The van der Waals surface area contributed by atoms with Crippen molar-refractivity contribution in [3.05, 3.63) is 35.9 Å². The molecule has 7 nitrogen and oxygen atoms in total. The number of nitrogens with one attached hydrogen (secondary N) is 2. The van der Waals surface area contributed by atoms with Gasteiger partial charge in [-0.25, -0.2) is 4.79 Å². The SMILES string of the molecule is COC(=O)[C@H](Cc1ccccc1)N=CC1C(=O)NC(=S)NC1=O. The van der Waals surface area contributed by atoms with Gasteiger partial charge in [-0.15, -0.1) is 0 Å². The molecule has 0 unspecified atom stereocenters. The lowest BCUT2D eigenvalue weighted by Gasteiger charge is -2.20. The van der Waals surface area contributed by atoms with Crippen molar-refractivity contribution < 1.29 is 19.1 Å². The Kier molecular flexibility index (Phi) is 5.53. The summed E-state index contributed by atoms with van der Waals surface area (Å²) in [5, 5.41) is 4.62. The Hall–Kier alpha value is -2.61. The van der Waals surface area contributed by atoms with Gasteiger partial charge in [-0.2, -0.15) is 0 Å². The number of benzene rings is 1. The highest BCUT2D eigenvalue weighted by molar-refractivity contribution is 7.80. The second kappa shape index (κ2) is 7.59. The Morgan fingerprint density at radius 2 is 1.91 bits per heavy atom. The number of carbonyl (C=O) groups is 3. The van der Waals surface area contributed by atoms with E-state index in [0.29, 0.717) is 6.42 Å². The fourth-order valence-corrected chi connectivity index (χ4v) is 2.23. The maximum atomic E-state index is 11.8. The summed E-state index contributed by atoms with van der Waals surface area (Å²) in [6.45, 7) is 0. The van der Waals surface area contributed by atoms with E-state index in [9.17, 15) is 14.4 Å². The number of nitrogens with zero attached hydrogens (tertiary/aromatic N) is 1. The lowest BCUT2D eigenvalue weighted by molar-refractivity contribution is -0.142. The molecule has 1 heterocycles. The second-order valence-corrected chi connectivity index (χ2v) is 5.22. The third kappa shape index (κ3) is 4.43. The van der Waals surface area contributed by atoms with Gasteiger partial charge in [-0.3, -0.25) is 14.6 Å². The van der Waals surface area contributed by atoms with Crippen LogP contribution in [0.15, 0.2) is 35.3 Å². The van der Waals surface area contributed by atoms with Crippen LogP contribution in [0.3, 0.4) is 0 Å². The van der Waals surface area contributed by atoms with E-state index in [2.05, 4.69) is 15.6 Å². The zero-order valence-electron chi connectivity index (χ0n) is 12.3. The molecular weight excluding hydrogens is 318 g/mol. The first kappa shape index (κ1) is 16.8. The number of rotatable bonds is 5. The average Bonchev–Trinajstić information content (AvgIpc) is 2.53. The van der Waals surface area contributed by atoms with Crippen molar-refractivity contribution >= 4 is 41.3 Å². The third-order valence-corrected chi connectivity index (χ3v) is 3.40. The summed E-state index contributed by atoms with van der Waals surface area (Å²) >= 11 is 4.71. The topological polar surface area (TPSA) is 96.9 Å². The maximum Gasteiger partial charge on any atom is 0.330 e. The van der Waals surface area contributed by atoms with Crippen LogP contribution in [0.2, 0.25) is 0 Å². The molecule has 2 rings (SSSR count). The lowest BCUT2D eigenvalue weighted by Crippen LogP contribution is -2.56. The highest BCUT2D eigenvalue weighted by Gasteiger charge is 2.31. The zero-order chi connectivity index (χ0) is 16.8. The van der Waals surface area contributed by atoms with Crippen LogP contribution in [0, 0.1) is 5.92 Å². The van der Waals surface area contributed by atoms with Crippen molar-refractivity contribution in [2.45, 2.75) is 12.5 Å². The van der Waals surface area contributed by atoms with Crippen LogP contribution < -0.4 is 10.6 Å². The van der Waals surface area contributed by atoms with E-state index >= 15 is 0 Å². The van der Waals surface area contributed by atoms with Gasteiger partial charge in [0.15, 0.2) is 17.1 Å². The van der Waals surface area contributed by atoms with E-state index in [1.54, 1.807) is 0 Å². The smallest absolute Gasteiger partial charge is 0.330 e. The van der Waals surface area contributed by atoms with Gasteiger partial charge in [0, 0.05) is 12.6 Å². The molecule has 0 bridgehead atoms. The monoisotopic (exact) mass is 333 g/mol. The van der Waals surface area contributed by atoms with E-state index in [0.717, 1.165) is 11.8 Å². The minimum atomic E-state index is -1.13. The summed E-state index contributed by atoms with van der Waals surface area (Å²) < 4.78 is 4.72. The number of ether oxygens (including phenoxy) is 1. The van der Waals surface area contributed by atoms with Crippen LogP contribution in [-0.2, 0) is 25.5 Å². The van der Waals surface area contributed by atoms with Crippen LogP contribution in [0.1, 0.15) is 5.56 Å². The van der Waals surface area contributed by atoms with Crippen molar-refractivity contribution in [1.82, 2.24) is 10.6 Å². The van der Waals surface area contributed by atoms with E-state index < -0.39 is 29.7 Å². The minimum Gasteiger partial charge on any atom is -0.467 e. The second-order valence-electron chi connectivity index (χ2n) is 4.81. The minimum absolute atomic E-state index is 0.0431. The molecule has 0 radical (unpaired) electrons. The summed E-state index contributed by atoms with van der Waals surface area (Å²) in [7, 11) is 1.26. The predicted molar refractivity (Wildman–Crippen MR) is 86.8 cm³/mol. The van der Waals surface area contributed by atoms with Crippen molar-refractivity contribution in [3.63, 3.8) is 0 Å². The van der Waals surface area contributed by atoms with Crippen LogP contribution in [-0.4, -0.2) is 42.3 Å². The molecule has 1 aromatic carbocycles. The number of carbonyl (C=O) groups excluding carboxylic acids is 3. The number of esters is 1. The van der Waals surface area contributed by atoms with Gasteiger partial charge in [0.1, 0.15) is 0 Å². The Morgan fingerprint density at radius 1 is 1.30 bits per heavy atom. The molecule has 1 aliphatic rings. The first-order valence-electron chi connectivity index (χ1n) is 6.82. The molecular formula is C15H15N3O4S. The molecule has 8 heteroatoms. The highest BCUT2D eigenvalue weighted by Crippen LogP contribution is 2.09. The first-order valence-corrected chi connectivity index (χ1v) is 7.23. The Labute approximate surface area is 138 Å². The first-order chi connectivity index (χ1) is 11.0. The molecule has 1 saturated heterocycles. The fourth-order valence-electron chi connectivity index (χ4n) is 2.03. The van der Waals surface area contributed by atoms with Gasteiger partial charge in [-0.05, 0) is 17.8 Å². The van der Waals surface area contributed by atoms with Crippen molar-refractivity contribution in [2.24, 2.45) is 10.9 Å². The van der Waals surface area contributed by atoms with Gasteiger partial charge in [0.2, 0.25) is 11.8 Å². The molecule has 0 aliphatic carbocycles. The molecule has 0 saturated carbocycles. The normalized spacial score (nSPS) is 16.8. The van der Waals surface area contributed by atoms with E-state index in [1.807, 2.05) is 30.3 Å². The quantitative estimate of drug-likeness (QED) is 0.342. The number of methoxy groups -OCH3 is 1. The van der Waals surface area contributed by atoms with Crippen LogP contribution in [0.25, 0.3) is 0 Å². The van der Waals surface area contributed by atoms with E-state index in [4.69, 9.17) is 17.0 Å². The van der Waals surface area contributed by atoms with Gasteiger partial charge in [-0.1, -0.05) is 30.3 Å². The molecule has 1 fully saturated rings. The van der Waals surface area contributed by atoms with Gasteiger partial charge >= 0.3 is 5.97 Å². The third-order valence-electron chi connectivity index (χ3n) is 3.20. The summed E-state index contributed by atoms with van der Waals surface area (Å²) in [5.41, 5.74) is 0.888. The van der Waals surface area contributed by atoms with Gasteiger partial charge < -0.3 is 15.4 Å². The number of aliphatic imine (C=N–C) groups is 1. The molecule has 120 valence electrons. The van der Waals surface area contributed by atoms with Crippen LogP contribution in [0.4, 0.5) is 0 Å². The molecule has 1 atom stereocenters. The van der Waals surface area contributed by atoms with Crippen molar-refractivity contribution in [2.75, 3.05) is 7.11 Å². The van der Waals surface area contributed by atoms with Crippen molar-refractivity contribution in [1.29, 1.82) is 0 Å². The Morgan fingerprint density at radius 3 is 2.48 bits per heavy atom. The molecule has 1 aromatic rings. The molecule has 0 spiro atoms. The number of thiocarbonyl (C=S) groups is 1. The zero-order valence-corrected chi connectivity index (χ0v) is 13.1. The molecule has 23 heavy (non-hydrogen) atoms. The maximum absolute atomic E-state index is 11.8. The largest absolute Gasteiger partial charge is 0.467 e. The summed E-state index contributed by atoms with van der Waals surface area (Å²) in [5.74, 6) is -2.83. The Bertz CT molecular complexity index is 640. The summed E-state index contributed by atoms with van der Waals surface area (Å²) in [6, 6.07) is 8.41. The number of hydrogen-bond donors (Lipinski definition) is 2. The molecule has 2 amide bonds. The van der Waals surface area contributed by atoms with E-state index in [-0.39, 0.29) is 5.11 Å². The van der Waals surface area contributed by atoms with Gasteiger partial charge in [0.25, 0.3) is 0 Å². The average molecular weight is 333 g/mol. The fraction of sp³-hybridized carbons (Fsp3) is 0.267. The van der Waals surface area contributed by atoms with Crippen LogP contribution in [0.5, 0.6) is 0 Å². The standard InChI is InChI=1S/C15H15N3O4S/c1-22-14(21)11(7-9-5-3-2-4-6-9)16-8-10-12(19)17-15(23)18-13(10)20/h2-6,8,10-11H,7H2,1H3,(H2,17,18,19,20,23)/t11-/m0/s1. The lowest BCUT2D eigenvalue weighted by atomic mass is 10.1. The highest BCUT2D eigenvalue weighted by atomic mass is 32.1. The summed E-state index contributed by atoms with van der Waals surface area (Å²) in [4.78, 5) is 39.4. The van der Waals surface area contributed by atoms with Gasteiger partial charge in [0.05, 0.1) is 7.11 Å². The Balaban J connectivity index is 2.14. The van der Waals surface area contributed by atoms with Crippen molar-refractivity contribution in [3.8, 4) is 0 Å². The predicted octanol–water partition coefficient (Wildman–Crippen LogP) is -0.0114. The summed E-state index contributed by atoms with van der Waals surface area (Å²) in [6.07, 6.45) is 1.45. The molecule has 1 aliphatic heterocycles. The van der Waals surface area contributed by atoms with Crippen LogP contribution >= 0.6 is 12.2 Å². The molecule has 2 N–H and O–H groups in total. The number of hydrogen-bond acceptors (Lipinski definition) is 6. The number of amides is 2. The molecule has 0 aromatic heterocycles. The van der Waals surface area contributed by atoms with E-state index in [1.165, 1.54) is 7.11 Å².